The molecule has 0 bridgehead atoms. The number of aryl methyl sites for hydroxylation is 1. The van der Waals surface area contributed by atoms with Crippen LogP contribution in [0.25, 0.3) is 11.6 Å². The SMILES string of the molecule is C[C@H]1CCc2nc(/C(C#N)=C/c3ccco3)sc2C1. The highest BCUT2D eigenvalue weighted by Gasteiger charge is 2.21. The van der Waals surface area contributed by atoms with Gasteiger partial charge in [0.05, 0.1) is 17.5 Å². The van der Waals surface area contributed by atoms with Crippen molar-refractivity contribution in [2.45, 2.75) is 26.2 Å². The Kier molecular flexibility index (Phi) is 3.22. The molecule has 19 heavy (non-hydrogen) atoms. The maximum atomic E-state index is 9.30. The molecule has 0 unspecified atom stereocenters. The number of nitriles is 1. The highest BCUT2D eigenvalue weighted by Crippen LogP contribution is 2.32. The van der Waals surface area contributed by atoms with Gasteiger partial charge in [0.2, 0.25) is 0 Å². The first-order chi connectivity index (χ1) is 9.26. The van der Waals surface area contributed by atoms with E-state index in [9.17, 15) is 5.26 Å². The van der Waals surface area contributed by atoms with E-state index < -0.39 is 0 Å². The van der Waals surface area contributed by atoms with Crippen molar-refractivity contribution >= 4 is 23.0 Å². The molecule has 0 N–H and O–H groups in total. The molecule has 0 aliphatic heterocycles. The van der Waals surface area contributed by atoms with Crippen LogP contribution in [0.15, 0.2) is 22.8 Å². The quantitative estimate of drug-likeness (QED) is 0.777. The molecule has 0 saturated carbocycles. The van der Waals surface area contributed by atoms with E-state index >= 15 is 0 Å². The zero-order chi connectivity index (χ0) is 13.2. The first kappa shape index (κ1) is 12.2. The molecule has 0 saturated heterocycles. The Hall–Kier alpha value is -1.86. The maximum absolute atomic E-state index is 9.30. The van der Waals surface area contributed by atoms with Gasteiger partial charge in [-0.3, -0.25) is 0 Å². The van der Waals surface area contributed by atoms with Gasteiger partial charge in [0.25, 0.3) is 0 Å². The fourth-order valence-electron chi connectivity index (χ4n) is 2.31. The van der Waals surface area contributed by atoms with E-state index in [-0.39, 0.29) is 0 Å². The summed E-state index contributed by atoms with van der Waals surface area (Å²) >= 11 is 1.65. The topological polar surface area (TPSA) is 49.8 Å². The van der Waals surface area contributed by atoms with E-state index in [2.05, 4.69) is 18.0 Å². The average molecular weight is 270 g/mol. The smallest absolute Gasteiger partial charge is 0.134 e. The molecule has 2 heterocycles. The molecule has 1 aliphatic rings. The highest BCUT2D eigenvalue weighted by atomic mass is 32.1. The molecule has 0 aromatic carbocycles. The van der Waals surface area contributed by atoms with Gasteiger partial charge in [0, 0.05) is 11.0 Å². The minimum Gasteiger partial charge on any atom is -0.465 e. The van der Waals surface area contributed by atoms with Gasteiger partial charge in [-0.05, 0) is 37.3 Å². The standard InChI is InChI=1S/C15H14N2OS/c1-10-4-5-13-14(7-10)19-15(17-13)11(9-16)8-12-3-2-6-18-12/h2-3,6,8,10H,4-5,7H2,1H3/b11-8+/t10-/m0/s1. The summed E-state index contributed by atoms with van der Waals surface area (Å²) in [5.41, 5.74) is 1.76. The molecule has 4 heteroatoms. The first-order valence-corrected chi connectivity index (χ1v) is 7.22. The van der Waals surface area contributed by atoms with Crippen molar-refractivity contribution in [2.24, 2.45) is 5.92 Å². The van der Waals surface area contributed by atoms with E-state index in [0.717, 1.165) is 23.8 Å². The largest absolute Gasteiger partial charge is 0.465 e. The van der Waals surface area contributed by atoms with Gasteiger partial charge in [0.15, 0.2) is 0 Å². The average Bonchev–Trinajstić information content (AvgIpc) is 3.03. The van der Waals surface area contributed by atoms with E-state index in [0.29, 0.717) is 11.3 Å². The van der Waals surface area contributed by atoms with Crippen molar-refractivity contribution in [1.29, 1.82) is 5.26 Å². The fraction of sp³-hybridized carbons (Fsp3) is 0.333. The molecule has 0 radical (unpaired) electrons. The summed E-state index contributed by atoms with van der Waals surface area (Å²) in [4.78, 5) is 5.96. The molecule has 2 aromatic heterocycles. The molecule has 2 aromatic rings. The van der Waals surface area contributed by atoms with Crippen LogP contribution >= 0.6 is 11.3 Å². The second-order valence-corrected chi connectivity index (χ2v) is 6.01. The van der Waals surface area contributed by atoms with E-state index in [4.69, 9.17) is 4.42 Å². The van der Waals surface area contributed by atoms with E-state index in [1.54, 1.807) is 23.7 Å². The number of hydrogen-bond acceptors (Lipinski definition) is 4. The van der Waals surface area contributed by atoms with Crippen LogP contribution in [0.2, 0.25) is 0 Å². The predicted octanol–water partition coefficient (Wildman–Crippen LogP) is 3.93. The number of furan rings is 1. The van der Waals surface area contributed by atoms with Gasteiger partial charge in [-0.2, -0.15) is 5.26 Å². The number of aromatic nitrogens is 1. The van der Waals surface area contributed by atoms with Gasteiger partial charge in [-0.15, -0.1) is 11.3 Å². The number of thiazole rings is 1. The Balaban J connectivity index is 1.95. The van der Waals surface area contributed by atoms with Crippen LogP contribution in [0.1, 0.15) is 34.7 Å². The van der Waals surface area contributed by atoms with Crippen molar-refractivity contribution in [3.63, 3.8) is 0 Å². The second kappa shape index (κ2) is 5.02. The van der Waals surface area contributed by atoms with Crippen LogP contribution in [0, 0.1) is 17.2 Å². The van der Waals surface area contributed by atoms with Crippen molar-refractivity contribution in [2.75, 3.05) is 0 Å². The molecule has 3 nitrogen and oxygen atoms in total. The molecule has 0 amide bonds. The molecular weight excluding hydrogens is 256 g/mol. The van der Waals surface area contributed by atoms with Crippen LogP contribution in [0.5, 0.6) is 0 Å². The minimum absolute atomic E-state index is 0.585. The number of allylic oxidation sites excluding steroid dienone is 1. The summed E-state index contributed by atoms with van der Waals surface area (Å²) in [6.45, 7) is 2.27. The van der Waals surface area contributed by atoms with Crippen molar-refractivity contribution < 1.29 is 4.42 Å². The third-order valence-corrected chi connectivity index (χ3v) is 4.52. The van der Waals surface area contributed by atoms with Crippen LogP contribution < -0.4 is 0 Å². The second-order valence-electron chi connectivity index (χ2n) is 4.92. The van der Waals surface area contributed by atoms with Gasteiger partial charge < -0.3 is 4.42 Å². The summed E-state index contributed by atoms with van der Waals surface area (Å²) in [6.07, 6.45) is 6.68. The van der Waals surface area contributed by atoms with E-state index in [1.807, 2.05) is 12.1 Å². The third kappa shape index (κ3) is 2.47. The molecule has 1 aliphatic carbocycles. The number of fused-ring (bicyclic) bond motifs is 1. The predicted molar refractivity (Wildman–Crippen MR) is 75.5 cm³/mol. The lowest BCUT2D eigenvalue weighted by Crippen LogP contribution is -2.09. The van der Waals surface area contributed by atoms with Crippen LogP contribution in [0.3, 0.4) is 0 Å². The Morgan fingerprint density at radius 1 is 1.63 bits per heavy atom. The Labute approximate surface area is 116 Å². The molecule has 0 fully saturated rings. The molecule has 3 rings (SSSR count). The zero-order valence-corrected chi connectivity index (χ0v) is 11.5. The molecule has 1 atom stereocenters. The first-order valence-electron chi connectivity index (χ1n) is 6.40. The van der Waals surface area contributed by atoms with Gasteiger partial charge in [-0.25, -0.2) is 4.98 Å². The minimum atomic E-state index is 0.585. The highest BCUT2D eigenvalue weighted by molar-refractivity contribution is 7.13. The van der Waals surface area contributed by atoms with Gasteiger partial charge >= 0.3 is 0 Å². The Bertz CT molecular complexity index is 646. The zero-order valence-electron chi connectivity index (χ0n) is 10.7. The van der Waals surface area contributed by atoms with Crippen LogP contribution in [-0.4, -0.2) is 4.98 Å². The lowest BCUT2D eigenvalue weighted by atomic mass is 9.93. The normalized spacial score (nSPS) is 18.9. The Morgan fingerprint density at radius 3 is 3.26 bits per heavy atom. The van der Waals surface area contributed by atoms with E-state index in [1.165, 1.54) is 17.0 Å². The molecular formula is C15H14N2OS. The maximum Gasteiger partial charge on any atom is 0.134 e. The van der Waals surface area contributed by atoms with Crippen molar-refractivity contribution in [3.8, 4) is 6.07 Å². The summed E-state index contributed by atoms with van der Waals surface area (Å²) < 4.78 is 5.26. The van der Waals surface area contributed by atoms with Gasteiger partial charge in [0.1, 0.15) is 16.8 Å². The molecule has 96 valence electrons. The van der Waals surface area contributed by atoms with Gasteiger partial charge in [-0.1, -0.05) is 6.92 Å². The summed E-state index contributed by atoms with van der Waals surface area (Å²) in [7, 11) is 0. The summed E-state index contributed by atoms with van der Waals surface area (Å²) in [5, 5.41) is 10.1. The lowest BCUT2D eigenvalue weighted by Gasteiger charge is -2.15. The van der Waals surface area contributed by atoms with Crippen LogP contribution in [0.4, 0.5) is 0 Å². The monoisotopic (exact) mass is 270 g/mol. The lowest BCUT2D eigenvalue weighted by molar-refractivity contribution is 0.502. The third-order valence-electron chi connectivity index (χ3n) is 3.37. The molecule has 0 spiro atoms. The van der Waals surface area contributed by atoms with Crippen LogP contribution in [-0.2, 0) is 12.8 Å². The summed E-state index contributed by atoms with van der Waals surface area (Å²) in [6, 6.07) is 5.88. The number of nitrogens with zero attached hydrogens (tertiary/aromatic N) is 2. The summed E-state index contributed by atoms with van der Waals surface area (Å²) in [5.74, 6) is 1.42. The Morgan fingerprint density at radius 2 is 2.53 bits per heavy atom. The number of hydrogen-bond donors (Lipinski definition) is 0. The number of rotatable bonds is 2. The van der Waals surface area contributed by atoms with Crippen molar-refractivity contribution in [1.82, 2.24) is 4.98 Å². The fourth-order valence-corrected chi connectivity index (χ4v) is 3.55. The van der Waals surface area contributed by atoms with Crippen molar-refractivity contribution in [3.05, 3.63) is 39.7 Å².